The maximum absolute atomic E-state index is 12.0. The molecule has 0 aliphatic rings. The predicted octanol–water partition coefficient (Wildman–Crippen LogP) is 2.61. The van der Waals surface area contributed by atoms with E-state index < -0.39 is 5.60 Å². The second-order valence-corrected chi connectivity index (χ2v) is 5.41. The molecule has 1 aromatic rings. The molecule has 0 heterocycles. The number of nitrogens with one attached hydrogen (secondary N) is 1. The number of carbonyl (C=O) groups is 1. The van der Waals surface area contributed by atoms with Crippen molar-refractivity contribution < 1.29 is 14.3 Å². The summed E-state index contributed by atoms with van der Waals surface area (Å²) in [5, 5.41) is 2.83. The minimum absolute atomic E-state index is 0.176. The van der Waals surface area contributed by atoms with Gasteiger partial charge in [0.25, 0.3) is 5.91 Å². The molecule has 1 aromatic carbocycles. The largest absolute Gasteiger partial charge is 0.496 e. The second-order valence-electron chi connectivity index (χ2n) is 4.49. The molecule has 5 heteroatoms. The summed E-state index contributed by atoms with van der Waals surface area (Å²) in [4.78, 5) is 12.0. The van der Waals surface area contributed by atoms with Crippen molar-refractivity contribution in [3.63, 3.8) is 0 Å². The first-order chi connectivity index (χ1) is 8.39. The van der Waals surface area contributed by atoms with Gasteiger partial charge >= 0.3 is 0 Å². The van der Waals surface area contributed by atoms with Crippen LogP contribution in [0.2, 0.25) is 0 Å². The molecule has 100 valence electrons. The molecule has 0 saturated heterocycles. The van der Waals surface area contributed by atoms with Crippen molar-refractivity contribution in [2.45, 2.75) is 19.4 Å². The van der Waals surface area contributed by atoms with Gasteiger partial charge in [0.05, 0.1) is 18.3 Å². The van der Waals surface area contributed by atoms with Crippen molar-refractivity contribution in [2.75, 3.05) is 20.8 Å². The van der Waals surface area contributed by atoms with Gasteiger partial charge in [0.1, 0.15) is 5.75 Å². The van der Waals surface area contributed by atoms with Crippen LogP contribution in [0.4, 0.5) is 0 Å². The van der Waals surface area contributed by atoms with E-state index in [-0.39, 0.29) is 5.91 Å². The van der Waals surface area contributed by atoms with Crippen LogP contribution in [0.15, 0.2) is 22.7 Å². The van der Waals surface area contributed by atoms with Gasteiger partial charge in [-0.15, -0.1) is 0 Å². The molecule has 0 atom stereocenters. The van der Waals surface area contributed by atoms with E-state index in [0.717, 1.165) is 4.47 Å². The molecule has 1 amide bonds. The van der Waals surface area contributed by atoms with E-state index >= 15 is 0 Å². The summed E-state index contributed by atoms with van der Waals surface area (Å²) in [7, 11) is 3.16. The molecule has 0 radical (unpaired) electrons. The standard InChI is InChI=1S/C13H18BrNO3/c1-13(2,18-4)8-15-12(16)10-6-5-9(14)7-11(10)17-3/h5-7H,8H2,1-4H3,(H,15,16). The van der Waals surface area contributed by atoms with Crippen molar-refractivity contribution in [1.82, 2.24) is 5.32 Å². The molecular formula is C13H18BrNO3. The van der Waals surface area contributed by atoms with Gasteiger partial charge in [-0.05, 0) is 32.0 Å². The third-order valence-corrected chi connectivity index (χ3v) is 3.13. The zero-order valence-corrected chi connectivity index (χ0v) is 12.6. The molecule has 18 heavy (non-hydrogen) atoms. The summed E-state index contributed by atoms with van der Waals surface area (Å²) >= 11 is 3.34. The van der Waals surface area contributed by atoms with Gasteiger partial charge in [0.15, 0.2) is 0 Å². The van der Waals surface area contributed by atoms with Crippen LogP contribution in [0.5, 0.6) is 5.75 Å². The number of ether oxygens (including phenoxy) is 2. The van der Waals surface area contributed by atoms with E-state index in [1.165, 1.54) is 7.11 Å². The maximum atomic E-state index is 12.0. The van der Waals surface area contributed by atoms with E-state index in [4.69, 9.17) is 9.47 Å². The van der Waals surface area contributed by atoms with Crippen molar-refractivity contribution in [2.24, 2.45) is 0 Å². The quantitative estimate of drug-likeness (QED) is 0.908. The molecular weight excluding hydrogens is 298 g/mol. The molecule has 0 unspecified atom stereocenters. The average Bonchev–Trinajstić information content (AvgIpc) is 2.36. The van der Waals surface area contributed by atoms with E-state index in [9.17, 15) is 4.79 Å². The highest BCUT2D eigenvalue weighted by molar-refractivity contribution is 9.10. The number of methoxy groups -OCH3 is 2. The highest BCUT2D eigenvalue weighted by Crippen LogP contribution is 2.23. The zero-order valence-electron chi connectivity index (χ0n) is 11.0. The van der Waals surface area contributed by atoms with Gasteiger partial charge in [-0.3, -0.25) is 4.79 Å². The Morgan fingerprint density at radius 3 is 2.61 bits per heavy atom. The Morgan fingerprint density at radius 2 is 2.06 bits per heavy atom. The molecule has 0 saturated carbocycles. The van der Waals surface area contributed by atoms with Crippen molar-refractivity contribution >= 4 is 21.8 Å². The molecule has 0 aliphatic carbocycles. The van der Waals surface area contributed by atoms with Crippen LogP contribution in [-0.4, -0.2) is 32.3 Å². The molecule has 0 bridgehead atoms. The lowest BCUT2D eigenvalue weighted by atomic mass is 10.1. The highest BCUT2D eigenvalue weighted by atomic mass is 79.9. The topological polar surface area (TPSA) is 47.6 Å². The Balaban J connectivity index is 2.79. The summed E-state index contributed by atoms with van der Waals surface area (Å²) in [6.07, 6.45) is 0. The number of hydrogen-bond donors (Lipinski definition) is 1. The number of amides is 1. The lowest BCUT2D eigenvalue weighted by Gasteiger charge is -2.23. The Labute approximate surface area is 116 Å². The fourth-order valence-corrected chi connectivity index (χ4v) is 1.65. The summed E-state index contributed by atoms with van der Waals surface area (Å²) < 4.78 is 11.3. The molecule has 0 aromatic heterocycles. The molecule has 4 nitrogen and oxygen atoms in total. The van der Waals surface area contributed by atoms with Crippen LogP contribution in [0.25, 0.3) is 0 Å². The second kappa shape index (κ2) is 6.20. The average molecular weight is 316 g/mol. The van der Waals surface area contributed by atoms with Crippen LogP contribution in [0.1, 0.15) is 24.2 Å². The Kier molecular flexibility index (Phi) is 5.16. The number of rotatable bonds is 5. The maximum Gasteiger partial charge on any atom is 0.255 e. The number of benzene rings is 1. The van der Waals surface area contributed by atoms with Crippen LogP contribution < -0.4 is 10.1 Å². The smallest absolute Gasteiger partial charge is 0.255 e. The first-order valence-electron chi connectivity index (χ1n) is 5.56. The lowest BCUT2D eigenvalue weighted by molar-refractivity contribution is 0.0228. The normalized spacial score (nSPS) is 11.2. The molecule has 0 fully saturated rings. The summed E-state index contributed by atoms with van der Waals surface area (Å²) in [5.41, 5.74) is 0.116. The molecule has 1 rings (SSSR count). The van der Waals surface area contributed by atoms with Gasteiger partial charge in [-0.2, -0.15) is 0 Å². The summed E-state index contributed by atoms with van der Waals surface area (Å²) in [6, 6.07) is 5.29. The monoisotopic (exact) mass is 315 g/mol. The van der Waals surface area contributed by atoms with Crippen molar-refractivity contribution in [3.05, 3.63) is 28.2 Å². The van der Waals surface area contributed by atoms with Gasteiger partial charge < -0.3 is 14.8 Å². The van der Waals surface area contributed by atoms with Gasteiger partial charge in [-0.1, -0.05) is 15.9 Å². The third kappa shape index (κ3) is 3.99. The molecule has 1 N–H and O–H groups in total. The zero-order chi connectivity index (χ0) is 13.8. The van der Waals surface area contributed by atoms with Gasteiger partial charge in [0.2, 0.25) is 0 Å². The minimum Gasteiger partial charge on any atom is -0.496 e. The van der Waals surface area contributed by atoms with Crippen LogP contribution in [0.3, 0.4) is 0 Å². The van der Waals surface area contributed by atoms with Crippen LogP contribution >= 0.6 is 15.9 Å². The number of halogens is 1. The fraction of sp³-hybridized carbons (Fsp3) is 0.462. The number of hydrogen-bond acceptors (Lipinski definition) is 3. The van der Waals surface area contributed by atoms with E-state index in [0.29, 0.717) is 17.9 Å². The van der Waals surface area contributed by atoms with Gasteiger partial charge in [-0.25, -0.2) is 0 Å². The van der Waals surface area contributed by atoms with E-state index in [2.05, 4.69) is 21.2 Å². The first kappa shape index (κ1) is 15.0. The van der Waals surface area contributed by atoms with Crippen LogP contribution in [-0.2, 0) is 4.74 Å². The number of carbonyl (C=O) groups excluding carboxylic acids is 1. The summed E-state index contributed by atoms with van der Waals surface area (Å²) in [6.45, 7) is 4.25. The highest BCUT2D eigenvalue weighted by Gasteiger charge is 2.19. The minimum atomic E-state index is -0.391. The summed E-state index contributed by atoms with van der Waals surface area (Å²) in [5.74, 6) is 0.363. The SMILES string of the molecule is COc1cc(Br)ccc1C(=O)NCC(C)(C)OC. The lowest BCUT2D eigenvalue weighted by Crippen LogP contribution is -2.39. The van der Waals surface area contributed by atoms with Gasteiger partial charge in [0, 0.05) is 18.1 Å². The van der Waals surface area contributed by atoms with Crippen molar-refractivity contribution in [3.8, 4) is 5.75 Å². The first-order valence-corrected chi connectivity index (χ1v) is 6.36. The Morgan fingerprint density at radius 1 is 1.39 bits per heavy atom. The van der Waals surface area contributed by atoms with Crippen LogP contribution in [0, 0.1) is 0 Å². The Hall–Kier alpha value is -1.07. The Bertz CT molecular complexity index is 432. The molecule has 0 spiro atoms. The predicted molar refractivity (Wildman–Crippen MR) is 74.1 cm³/mol. The van der Waals surface area contributed by atoms with Crippen molar-refractivity contribution in [1.29, 1.82) is 0 Å². The fourth-order valence-electron chi connectivity index (χ4n) is 1.31. The van der Waals surface area contributed by atoms with E-state index in [1.807, 2.05) is 13.8 Å². The van der Waals surface area contributed by atoms with E-state index in [1.54, 1.807) is 25.3 Å². The molecule has 0 aliphatic heterocycles. The third-order valence-electron chi connectivity index (χ3n) is 2.64.